The summed E-state index contributed by atoms with van der Waals surface area (Å²) < 4.78 is 16.3. The van der Waals surface area contributed by atoms with E-state index >= 15 is 0 Å². The van der Waals surface area contributed by atoms with Crippen LogP contribution in [0.25, 0.3) is 0 Å². The van der Waals surface area contributed by atoms with Crippen molar-refractivity contribution in [3.8, 4) is 5.75 Å². The number of likely N-dealkylation sites (N-methyl/N-ethyl adjacent to an activating group) is 1. The fourth-order valence-electron chi connectivity index (χ4n) is 2.46. The van der Waals surface area contributed by atoms with Gasteiger partial charge in [-0.25, -0.2) is 0 Å². The van der Waals surface area contributed by atoms with E-state index in [0.717, 1.165) is 30.8 Å². The maximum absolute atomic E-state index is 12.1. The highest BCUT2D eigenvalue weighted by molar-refractivity contribution is 5.77. The Balaban J connectivity index is 1.71. The van der Waals surface area contributed by atoms with Gasteiger partial charge in [-0.2, -0.15) is 0 Å². The SMILES string of the molecule is COc1cccc(CN(C)C(=O)COCC2CCCCO2)c1. The minimum absolute atomic E-state index is 0.0290. The summed E-state index contributed by atoms with van der Waals surface area (Å²) in [5.41, 5.74) is 1.03. The van der Waals surface area contributed by atoms with E-state index in [4.69, 9.17) is 14.2 Å². The molecule has 1 aliphatic rings. The summed E-state index contributed by atoms with van der Waals surface area (Å²) in [6, 6.07) is 7.71. The first kappa shape index (κ1) is 16.8. The third-order valence-electron chi connectivity index (χ3n) is 3.78. The summed E-state index contributed by atoms with van der Waals surface area (Å²) in [5.74, 6) is 0.766. The number of amides is 1. The molecule has 2 rings (SSSR count). The van der Waals surface area contributed by atoms with Crippen molar-refractivity contribution in [1.29, 1.82) is 0 Å². The third-order valence-corrected chi connectivity index (χ3v) is 3.78. The summed E-state index contributed by atoms with van der Waals surface area (Å²) in [7, 11) is 3.41. The second-order valence-corrected chi connectivity index (χ2v) is 5.61. The number of rotatable bonds is 7. The Morgan fingerprint density at radius 3 is 3.00 bits per heavy atom. The Bertz CT molecular complexity index is 471. The summed E-state index contributed by atoms with van der Waals surface area (Å²) in [6.45, 7) is 1.94. The Kier molecular flexibility index (Phi) is 6.68. The number of nitrogens with zero attached hydrogens (tertiary/aromatic N) is 1. The fourth-order valence-corrected chi connectivity index (χ4v) is 2.46. The van der Waals surface area contributed by atoms with Crippen LogP contribution in [0.5, 0.6) is 5.75 Å². The van der Waals surface area contributed by atoms with Gasteiger partial charge in [0.1, 0.15) is 12.4 Å². The quantitative estimate of drug-likeness (QED) is 0.775. The van der Waals surface area contributed by atoms with Crippen molar-refractivity contribution < 1.29 is 19.0 Å². The lowest BCUT2D eigenvalue weighted by molar-refractivity contribution is -0.137. The van der Waals surface area contributed by atoms with Crippen LogP contribution in [0, 0.1) is 0 Å². The average Bonchev–Trinajstić information content (AvgIpc) is 2.56. The number of carbonyl (C=O) groups is 1. The van der Waals surface area contributed by atoms with Crippen molar-refractivity contribution in [3.63, 3.8) is 0 Å². The smallest absolute Gasteiger partial charge is 0.248 e. The number of ether oxygens (including phenoxy) is 3. The molecule has 1 fully saturated rings. The molecule has 1 atom stereocenters. The molecule has 0 spiro atoms. The van der Waals surface area contributed by atoms with Crippen LogP contribution in [0.1, 0.15) is 24.8 Å². The predicted octanol–water partition coefficient (Wildman–Crippen LogP) is 2.24. The van der Waals surface area contributed by atoms with E-state index in [0.29, 0.717) is 13.2 Å². The van der Waals surface area contributed by atoms with Crippen LogP contribution >= 0.6 is 0 Å². The van der Waals surface area contributed by atoms with Crippen molar-refractivity contribution in [2.45, 2.75) is 31.9 Å². The summed E-state index contributed by atoms with van der Waals surface area (Å²) in [5, 5.41) is 0. The second-order valence-electron chi connectivity index (χ2n) is 5.61. The van der Waals surface area contributed by atoms with Crippen molar-refractivity contribution in [1.82, 2.24) is 4.90 Å². The van der Waals surface area contributed by atoms with E-state index in [9.17, 15) is 4.79 Å². The van der Waals surface area contributed by atoms with E-state index in [1.54, 1.807) is 19.1 Å². The molecule has 22 heavy (non-hydrogen) atoms. The maximum Gasteiger partial charge on any atom is 0.248 e. The molecule has 5 nitrogen and oxygen atoms in total. The summed E-state index contributed by atoms with van der Waals surface area (Å²) in [4.78, 5) is 13.7. The van der Waals surface area contributed by atoms with Gasteiger partial charge in [0.25, 0.3) is 0 Å². The number of benzene rings is 1. The standard InChI is InChI=1S/C17H25NO4/c1-18(11-14-6-5-8-15(10-14)20-2)17(19)13-21-12-16-7-3-4-9-22-16/h5-6,8,10,16H,3-4,7,9,11-13H2,1-2H3. The fraction of sp³-hybridized carbons (Fsp3) is 0.588. The Hall–Kier alpha value is -1.59. The molecule has 0 saturated carbocycles. The van der Waals surface area contributed by atoms with E-state index in [-0.39, 0.29) is 18.6 Å². The van der Waals surface area contributed by atoms with Gasteiger partial charge in [-0.1, -0.05) is 12.1 Å². The van der Waals surface area contributed by atoms with Crippen molar-refractivity contribution in [2.75, 3.05) is 34.0 Å². The molecule has 1 amide bonds. The van der Waals surface area contributed by atoms with Gasteiger partial charge in [-0.3, -0.25) is 4.79 Å². The zero-order valence-corrected chi connectivity index (χ0v) is 13.4. The van der Waals surface area contributed by atoms with Gasteiger partial charge in [0.2, 0.25) is 5.91 Å². The molecule has 0 bridgehead atoms. The highest BCUT2D eigenvalue weighted by Gasteiger charge is 2.15. The van der Waals surface area contributed by atoms with Gasteiger partial charge < -0.3 is 19.1 Å². The van der Waals surface area contributed by atoms with Gasteiger partial charge in [-0.05, 0) is 37.0 Å². The molecular weight excluding hydrogens is 282 g/mol. The van der Waals surface area contributed by atoms with Gasteiger partial charge >= 0.3 is 0 Å². The van der Waals surface area contributed by atoms with E-state index in [1.807, 2.05) is 24.3 Å². The molecule has 0 radical (unpaired) electrons. The molecule has 1 aromatic carbocycles. The average molecular weight is 307 g/mol. The Morgan fingerprint density at radius 2 is 2.27 bits per heavy atom. The normalized spacial score (nSPS) is 18.0. The van der Waals surface area contributed by atoms with Crippen LogP contribution in [-0.2, 0) is 20.8 Å². The molecule has 1 saturated heterocycles. The van der Waals surface area contributed by atoms with E-state index < -0.39 is 0 Å². The first-order chi connectivity index (χ1) is 10.7. The first-order valence-corrected chi connectivity index (χ1v) is 7.75. The van der Waals surface area contributed by atoms with E-state index in [1.165, 1.54) is 6.42 Å². The van der Waals surface area contributed by atoms with Gasteiger partial charge in [0.15, 0.2) is 0 Å². The number of hydrogen-bond donors (Lipinski definition) is 0. The Labute approximate surface area is 132 Å². The highest BCUT2D eigenvalue weighted by atomic mass is 16.5. The lowest BCUT2D eigenvalue weighted by Crippen LogP contribution is -2.32. The van der Waals surface area contributed by atoms with Crippen LogP contribution in [0.4, 0.5) is 0 Å². The van der Waals surface area contributed by atoms with Crippen LogP contribution in [-0.4, -0.2) is 50.9 Å². The van der Waals surface area contributed by atoms with E-state index in [2.05, 4.69) is 0 Å². The molecule has 0 aliphatic carbocycles. The topological polar surface area (TPSA) is 48.0 Å². The van der Waals surface area contributed by atoms with Crippen molar-refractivity contribution >= 4 is 5.91 Å². The largest absolute Gasteiger partial charge is 0.497 e. The summed E-state index contributed by atoms with van der Waals surface area (Å²) >= 11 is 0. The lowest BCUT2D eigenvalue weighted by Gasteiger charge is -2.23. The van der Waals surface area contributed by atoms with Crippen LogP contribution < -0.4 is 4.74 Å². The minimum atomic E-state index is -0.0290. The van der Waals surface area contributed by atoms with Crippen molar-refractivity contribution in [3.05, 3.63) is 29.8 Å². The lowest BCUT2D eigenvalue weighted by atomic mass is 10.1. The third kappa shape index (κ3) is 5.31. The van der Waals surface area contributed by atoms with Gasteiger partial charge in [0, 0.05) is 20.2 Å². The van der Waals surface area contributed by atoms with Gasteiger partial charge in [-0.15, -0.1) is 0 Å². The number of hydrogen-bond acceptors (Lipinski definition) is 4. The first-order valence-electron chi connectivity index (χ1n) is 7.75. The molecular formula is C17H25NO4. The van der Waals surface area contributed by atoms with Gasteiger partial charge in [0.05, 0.1) is 19.8 Å². The number of carbonyl (C=O) groups excluding carboxylic acids is 1. The zero-order valence-electron chi connectivity index (χ0n) is 13.4. The second kappa shape index (κ2) is 8.76. The van der Waals surface area contributed by atoms with Crippen LogP contribution in [0.15, 0.2) is 24.3 Å². The summed E-state index contributed by atoms with van der Waals surface area (Å²) in [6.07, 6.45) is 3.47. The van der Waals surface area contributed by atoms with Crippen LogP contribution in [0.3, 0.4) is 0 Å². The van der Waals surface area contributed by atoms with Crippen molar-refractivity contribution in [2.24, 2.45) is 0 Å². The molecule has 5 heteroatoms. The zero-order chi connectivity index (χ0) is 15.8. The predicted molar refractivity (Wildman–Crippen MR) is 83.9 cm³/mol. The van der Waals surface area contributed by atoms with Crippen LogP contribution in [0.2, 0.25) is 0 Å². The molecule has 122 valence electrons. The molecule has 1 aromatic rings. The Morgan fingerprint density at radius 1 is 1.41 bits per heavy atom. The monoisotopic (exact) mass is 307 g/mol. The molecule has 1 aliphatic heterocycles. The maximum atomic E-state index is 12.1. The highest BCUT2D eigenvalue weighted by Crippen LogP contribution is 2.14. The molecule has 1 unspecified atom stereocenters. The minimum Gasteiger partial charge on any atom is -0.497 e. The molecule has 0 aromatic heterocycles. The molecule has 1 heterocycles. The molecule has 0 N–H and O–H groups in total. The number of methoxy groups -OCH3 is 1.